The Morgan fingerprint density at radius 1 is 1.10 bits per heavy atom. The van der Waals surface area contributed by atoms with Crippen LogP contribution in [0, 0.1) is 6.92 Å². The third-order valence-electron chi connectivity index (χ3n) is 6.16. The summed E-state index contributed by atoms with van der Waals surface area (Å²) in [4.78, 5) is 32.9. The summed E-state index contributed by atoms with van der Waals surface area (Å²) >= 11 is 0. The summed E-state index contributed by atoms with van der Waals surface area (Å²) in [6.07, 6.45) is 2.37. The zero-order valence-electron chi connectivity index (χ0n) is 22.6. The fourth-order valence-electron chi connectivity index (χ4n) is 4.34. The summed E-state index contributed by atoms with van der Waals surface area (Å²) in [6.45, 7) is 5.43. The van der Waals surface area contributed by atoms with E-state index in [4.69, 9.17) is 34.6 Å². The van der Waals surface area contributed by atoms with Crippen molar-refractivity contribution in [2.45, 2.75) is 57.4 Å². The van der Waals surface area contributed by atoms with Crippen molar-refractivity contribution in [3.05, 3.63) is 41.2 Å². The molecule has 0 amide bonds. The van der Waals surface area contributed by atoms with Gasteiger partial charge in [0.1, 0.15) is 0 Å². The maximum absolute atomic E-state index is 10.3. The van der Waals surface area contributed by atoms with E-state index in [9.17, 15) is 14.4 Å². The quantitative estimate of drug-likeness (QED) is 0.283. The van der Waals surface area contributed by atoms with Crippen LogP contribution in [0.5, 0.6) is 11.5 Å². The minimum Gasteiger partial charge on any atom is -0.493 e. The number of para-hydroxylation sites is 1. The lowest BCUT2D eigenvalue weighted by molar-refractivity contribution is -0.170. The van der Waals surface area contributed by atoms with Gasteiger partial charge in [-0.25, -0.2) is 4.79 Å². The molecule has 1 aromatic heterocycles. The normalized spacial score (nSPS) is 15.0. The maximum Gasteiger partial charge on any atom is 0.336 e. The largest absolute Gasteiger partial charge is 0.493 e. The predicted octanol–water partition coefficient (Wildman–Crippen LogP) is 1.68. The van der Waals surface area contributed by atoms with Gasteiger partial charge in [0, 0.05) is 50.6 Å². The summed E-state index contributed by atoms with van der Waals surface area (Å²) in [5.41, 5.74) is 0.693. The first-order chi connectivity index (χ1) is 18.4. The molecule has 2 aromatic rings. The number of ether oxygens (including phenoxy) is 3. The third-order valence-corrected chi connectivity index (χ3v) is 6.16. The van der Waals surface area contributed by atoms with Gasteiger partial charge in [-0.15, -0.1) is 0 Å². The third kappa shape index (κ3) is 9.53. The van der Waals surface area contributed by atoms with Crippen LogP contribution in [0.3, 0.4) is 0 Å². The zero-order chi connectivity index (χ0) is 29.2. The van der Waals surface area contributed by atoms with Crippen LogP contribution in [-0.2, 0) is 39.3 Å². The summed E-state index contributed by atoms with van der Waals surface area (Å²) < 4.78 is 18.8. The number of aliphatic carboxylic acids is 3. The molecular formula is C26H37N3O10. The van der Waals surface area contributed by atoms with E-state index in [2.05, 4.69) is 29.2 Å². The number of aryl methyl sites for hydroxylation is 2. The van der Waals surface area contributed by atoms with Crippen molar-refractivity contribution in [3.8, 4) is 11.5 Å². The van der Waals surface area contributed by atoms with Crippen LogP contribution in [0.4, 0.5) is 0 Å². The van der Waals surface area contributed by atoms with Crippen molar-refractivity contribution in [3.63, 3.8) is 0 Å². The highest BCUT2D eigenvalue weighted by atomic mass is 16.5. The number of aromatic nitrogens is 2. The topological polar surface area (TPSA) is 181 Å². The average molecular weight is 552 g/mol. The molecular weight excluding hydrogens is 514 g/mol. The first kappa shape index (κ1) is 31.5. The molecule has 3 rings (SSSR count). The fraction of sp³-hybridized carbons (Fsp3) is 0.538. The number of methoxy groups -OCH3 is 2. The SMILES string of the molecule is COc1cccc(CN(Cc2cn(C)nc2C)CC2CCCO2)c1OC.O=C(O)CC(O)(CC(=O)O)C(=O)O. The minimum absolute atomic E-state index is 0.295. The van der Waals surface area contributed by atoms with Gasteiger partial charge in [-0.1, -0.05) is 12.1 Å². The van der Waals surface area contributed by atoms with Crippen LogP contribution < -0.4 is 9.47 Å². The van der Waals surface area contributed by atoms with Crippen molar-refractivity contribution in [2.75, 3.05) is 27.4 Å². The molecule has 0 saturated carbocycles. The number of benzene rings is 1. The molecule has 0 aliphatic carbocycles. The predicted molar refractivity (Wildman–Crippen MR) is 138 cm³/mol. The molecule has 1 saturated heterocycles. The Labute approximate surface area is 226 Å². The Morgan fingerprint density at radius 3 is 2.21 bits per heavy atom. The number of carboxylic acids is 3. The molecule has 216 valence electrons. The van der Waals surface area contributed by atoms with E-state index >= 15 is 0 Å². The maximum atomic E-state index is 10.3. The molecule has 1 aliphatic rings. The first-order valence-corrected chi connectivity index (χ1v) is 12.3. The van der Waals surface area contributed by atoms with Crippen molar-refractivity contribution in [2.24, 2.45) is 7.05 Å². The zero-order valence-corrected chi connectivity index (χ0v) is 22.6. The van der Waals surface area contributed by atoms with E-state index in [1.165, 1.54) is 5.56 Å². The molecule has 1 fully saturated rings. The molecule has 1 atom stereocenters. The van der Waals surface area contributed by atoms with Crippen LogP contribution >= 0.6 is 0 Å². The fourth-order valence-corrected chi connectivity index (χ4v) is 4.34. The van der Waals surface area contributed by atoms with Gasteiger partial charge in [0.05, 0.1) is 38.9 Å². The molecule has 4 N–H and O–H groups in total. The van der Waals surface area contributed by atoms with Gasteiger partial charge in [-0.2, -0.15) is 5.10 Å². The molecule has 0 radical (unpaired) electrons. The van der Waals surface area contributed by atoms with E-state index in [1.807, 2.05) is 23.9 Å². The summed E-state index contributed by atoms with van der Waals surface area (Å²) in [6, 6.07) is 6.04. The Bertz CT molecular complexity index is 1110. The molecule has 2 heterocycles. The summed E-state index contributed by atoms with van der Waals surface area (Å²) in [5.74, 6) is -3.45. The highest BCUT2D eigenvalue weighted by Crippen LogP contribution is 2.32. The van der Waals surface area contributed by atoms with Crippen molar-refractivity contribution in [1.29, 1.82) is 0 Å². The Balaban J connectivity index is 0.000000349. The van der Waals surface area contributed by atoms with E-state index in [1.54, 1.807) is 14.2 Å². The second kappa shape index (κ2) is 14.5. The number of hydrogen-bond acceptors (Lipinski definition) is 9. The first-order valence-electron chi connectivity index (χ1n) is 12.3. The molecule has 1 aromatic carbocycles. The number of aliphatic hydroxyl groups is 1. The lowest BCUT2D eigenvalue weighted by Crippen LogP contribution is -2.42. The standard InChI is InChI=1S/C20H29N3O3.C6H8O7/c1-15-17(11-22(2)21-15)13-23(14-18-8-6-10-26-18)12-16-7-5-9-19(24-3)20(16)25-4;7-3(8)1-6(13,5(11)12)2-4(9)10/h5,7,9,11,18H,6,8,10,12-14H2,1-4H3;13H,1-2H2,(H,7,8)(H,9,10)(H,11,12). The summed E-state index contributed by atoms with van der Waals surface area (Å²) in [5, 5.41) is 38.3. The van der Waals surface area contributed by atoms with Gasteiger partial charge in [0.2, 0.25) is 0 Å². The van der Waals surface area contributed by atoms with E-state index in [0.29, 0.717) is 6.10 Å². The van der Waals surface area contributed by atoms with Gasteiger partial charge < -0.3 is 34.6 Å². The highest BCUT2D eigenvalue weighted by molar-refractivity contribution is 5.88. The highest BCUT2D eigenvalue weighted by Gasteiger charge is 2.40. The van der Waals surface area contributed by atoms with Crippen LogP contribution in [0.2, 0.25) is 0 Å². The number of nitrogens with zero attached hydrogens (tertiary/aromatic N) is 3. The lowest BCUT2D eigenvalue weighted by atomic mass is 9.96. The lowest BCUT2D eigenvalue weighted by Gasteiger charge is -2.26. The van der Waals surface area contributed by atoms with Gasteiger partial charge in [-0.05, 0) is 25.8 Å². The number of hydrogen-bond donors (Lipinski definition) is 4. The molecule has 0 bridgehead atoms. The monoisotopic (exact) mass is 551 g/mol. The van der Waals surface area contributed by atoms with Crippen LogP contribution in [0.1, 0.15) is 42.5 Å². The average Bonchev–Trinajstić information content (AvgIpc) is 3.46. The number of carboxylic acid groups (broad SMARTS) is 3. The van der Waals surface area contributed by atoms with E-state index in [0.717, 1.165) is 61.8 Å². The second-order valence-electron chi connectivity index (χ2n) is 9.35. The Kier molecular flexibility index (Phi) is 11.7. The van der Waals surface area contributed by atoms with Crippen molar-refractivity contribution in [1.82, 2.24) is 14.7 Å². The Morgan fingerprint density at radius 2 is 1.74 bits per heavy atom. The smallest absolute Gasteiger partial charge is 0.336 e. The molecule has 13 nitrogen and oxygen atoms in total. The van der Waals surface area contributed by atoms with Gasteiger partial charge in [-0.3, -0.25) is 19.2 Å². The second-order valence-corrected chi connectivity index (χ2v) is 9.35. The summed E-state index contributed by atoms with van der Waals surface area (Å²) in [7, 11) is 5.33. The molecule has 0 spiro atoms. The van der Waals surface area contributed by atoms with E-state index in [-0.39, 0.29) is 0 Å². The van der Waals surface area contributed by atoms with Gasteiger partial charge in [0.25, 0.3) is 0 Å². The number of rotatable bonds is 13. The molecule has 1 aliphatic heterocycles. The molecule has 13 heteroatoms. The van der Waals surface area contributed by atoms with Crippen LogP contribution in [0.25, 0.3) is 0 Å². The van der Waals surface area contributed by atoms with Crippen molar-refractivity contribution >= 4 is 17.9 Å². The molecule has 1 unspecified atom stereocenters. The van der Waals surface area contributed by atoms with Crippen LogP contribution in [0.15, 0.2) is 24.4 Å². The van der Waals surface area contributed by atoms with Gasteiger partial charge in [0.15, 0.2) is 17.1 Å². The van der Waals surface area contributed by atoms with Gasteiger partial charge >= 0.3 is 17.9 Å². The Hall–Kier alpha value is -3.68. The molecule has 39 heavy (non-hydrogen) atoms. The minimum atomic E-state index is -2.74. The van der Waals surface area contributed by atoms with E-state index < -0.39 is 36.4 Å². The van der Waals surface area contributed by atoms with Crippen LogP contribution in [-0.4, -0.2) is 92.1 Å². The number of carbonyl (C=O) groups is 3. The van der Waals surface area contributed by atoms with Crippen molar-refractivity contribution < 1.29 is 49.0 Å².